The fraction of sp³-hybridized carbons (Fsp3) is 0.455. The number of ether oxygens (including phenoxy) is 3. The van der Waals surface area contributed by atoms with Crippen LogP contribution in [0.4, 0.5) is 0 Å². The molecule has 1 N–H and O–H groups in total. The highest BCUT2D eigenvalue weighted by atomic mass is 16.5. The number of benzene rings is 1. The first kappa shape index (κ1) is 10.1. The molecule has 0 unspecified atom stereocenters. The Labute approximate surface area is 89.1 Å². The van der Waals surface area contributed by atoms with E-state index in [4.69, 9.17) is 14.2 Å². The molecule has 0 radical (unpaired) electrons. The molecule has 0 bridgehead atoms. The van der Waals surface area contributed by atoms with E-state index in [0.717, 1.165) is 24.6 Å². The first-order valence-corrected chi connectivity index (χ1v) is 4.93. The molecule has 4 heteroatoms. The maximum Gasteiger partial charge on any atom is 0.164 e. The highest BCUT2D eigenvalue weighted by molar-refractivity contribution is 5.45. The van der Waals surface area contributed by atoms with Crippen molar-refractivity contribution in [1.82, 2.24) is 5.32 Å². The van der Waals surface area contributed by atoms with Gasteiger partial charge in [0.2, 0.25) is 0 Å². The Bertz CT molecular complexity index is 337. The summed E-state index contributed by atoms with van der Waals surface area (Å²) >= 11 is 0. The van der Waals surface area contributed by atoms with Crippen LogP contribution in [-0.2, 0) is 0 Å². The molecule has 1 saturated heterocycles. The lowest BCUT2D eigenvalue weighted by atomic mass is 10.2. The summed E-state index contributed by atoms with van der Waals surface area (Å²) in [4.78, 5) is 0. The Balaban J connectivity index is 2.13. The Morgan fingerprint density at radius 1 is 1.13 bits per heavy atom. The maximum atomic E-state index is 5.73. The van der Waals surface area contributed by atoms with Gasteiger partial charge in [0.15, 0.2) is 11.5 Å². The Hall–Kier alpha value is -1.42. The molecule has 1 aromatic rings. The van der Waals surface area contributed by atoms with Gasteiger partial charge in [-0.15, -0.1) is 0 Å². The number of hydrogen-bond acceptors (Lipinski definition) is 4. The van der Waals surface area contributed by atoms with Crippen LogP contribution in [0, 0.1) is 0 Å². The van der Waals surface area contributed by atoms with Gasteiger partial charge in [-0.1, -0.05) is 0 Å². The van der Waals surface area contributed by atoms with Crippen LogP contribution in [0.5, 0.6) is 17.2 Å². The zero-order valence-electron chi connectivity index (χ0n) is 8.95. The van der Waals surface area contributed by atoms with E-state index >= 15 is 0 Å². The van der Waals surface area contributed by atoms with Gasteiger partial charge in [-0.2, -0.15) is 0 Å². The third-order valence-electron chi connectivity index (χ3n) is 2.41. The average Bonchev–Trinajstić information content (AvgIpc) is 2.23. The van der Waals surface area contributed by atoms with Crippen LogP contribution in [0.25, 0.3) is 0 Å². The summed E-state index contributed by atoms with van der Waals surface area (Å²) in [5.74, 6) is 2.25. The topological polar surface area (TPSA) is 39.7 Å². The van der Waals surface area contributed by atoms with Crippen LogP contribution in [-0.4, -0.2) is 33.4 Å². The number of nitrogens with one attached hydrogen (secondary N) is 1. The highest BCUT2D eigenvalue weighted by Gasteiger charge is 2.20. The van der Waals surface area contributed by atoms with E-state index in [1.54, 1.807) is 14.2 Å². The number of methoxy groups -OCH3 is 2. The zero-order valence-corrected chi connectivity index (χ0v) is 8.95. The summed E-state index contributed by atoms with van der Waals surface area (Å²) in [5.41, 5.74) is 0. The maximum absolute atomic E-state index is 5.73. The standard InChI is InChI=1S/C11H15NO3/c1-13-8-3-4-10(11(5-8)14-2)15-9-6-12-7-9/h3-5,9,12H,6-7H2,1-2H3. The second-order valence-electron chi connectivity index (χ2n) is 3.41. The van der Waals surface area contributed by atoms with Crippen molar-refractivity contribution < 1.29 is 14.2 Å². The van der Waals surface area contributed by atoms with E-state index in [1.165, 1.54) is 0 Å². The van der Waals surface area contributed by atoms with Crippen molar-refractivity contribution in [2.24, 2.45) is 0 Å². The lowest BCUT2D eigenvalue weighted by Crippen LogP contribution is -2.50. The Kier molecular flexibility index (Phi) is 2.97. The van der Waals surface area contributed by atoms with Crippen molar-refractivity contribution in [1.29, 1.82) is 0 Å². The van der Waals surface area contributed by atoms with Gasteiger partial charge in [0.1, 0.15) is 11.9 Å². The van der Waals surface area contributed by atoms with Crippen LogP contribution < -0.4 is 19.5 Å². The van der Waals surface area contributed by atoms with Crippen LogP contribution in [0.15, 0.2) is 18.2 Å². The molecule has 4 nitrogen and oxygen atoms in total. The molecule has 82 valence electrons. The number of rotatable bonds is 4. The van der Waals surface area contributed by atoms with Crippen LogP contribution in [0.2, 0.25) is 0 Å². The lowest BCUT2D eigenvalue weighted by Gasteiger charge is -2.28. The van der Waals surface area contributed by atoms with Gasteiger partial charge < -0.3 is 19.5 Å². The third-order valence-corrected chi connectivity index (χ3v) is 2.41. The molecule has 1 heterocycles. The zero-order chi connectivity index (χ0) is 10.7. The van der Waals surface area contributed by atoms with Crippen molar-refractivity contribution in [2.45, 2.75) is 6.10 Å². The van der Waals surface area contributed by atoms with E-state index in [1.807, 2.05) is 18.2 Å². The van der Waals surface area contributed by atoms with Crippen molar-refractivity contribution in [3.05, 3.63) is 18.2 Å². The second-order valence-corrected chi connectivity index (χ2v) is 3.41. The summed E-state index contributed by atoms with van der Waals surface area (Å²) in [7, 11) is 3.26. The van der Waals surface area contributed by atoms with Gasteiger partial charge >= 0.3 is 0 Å². The highest BCUT2D eigenvalue weighted by Crippen LogP contribution is 2.32. The minimum absolute atomic E-state index is 0.257. The van der Waals surface area contributed by atoms with Crippen molar-refractivity contribution in [3.63, 3.8) is 0 Å². The SMILES string of the molecule is COc1ccc(OC2CNC2)c(OC)c1. The largest absolute Gasteiger partial charge is 0.497 e. The van der Waals surface area contributed by atoms with Crippen LogP contribution in [0.3, 0.4) is 0 Å². The van der Waals surface area contributed by atoms with Crippen molar-refractivity contribution >= 4 is 0 Å². The minimum Gasteiger partial charge on any atom is -0.497 e. The first-order chi connectivity index (χ1) is 7.33. The lowest BCUT2D eigenvalue weighted by molar-refractivity contribution is 0.137. The summed E-state index contributed by atoms with van der Waals surface area (Å²) in [5, 5.41) is 3.15. The van der Waals surface area contributed by atoms with E-state index in [0.29, 0.717) is 5.75 Å². The first-order valence-electron chi connectivity index (χ1n) is 4.93. The summed E-state index contributed by atoms with van der Waals surface area (Å²) < 4.78 is 16.1. The molecular weight excluding hydrogens is 194 g/mol. The van der Waals surface area contributed by atoms with Gasteiger partial charge in [0, 0.05) is 19.2 Å². The van der Waals surface area contributed by atoms with Crippen LogP contribution >= 0.6 is 0 Å². The molecule has 1 aliphatic heterocycles. The second kappa shape index (κ2) is 4.40. The van der Waals surface area contributed by atoms with Crippen LogP contribution in [0.1, 0.15) is 0 Å². The molecular formula is C11H15NO3. The third kappa shape index (κ3) is 2.15. The van der Waals surface area contributed by atoms with E-state index in [2.05, 4.69) is 5.32 Å². The van der Waals surface area contributed by atoms with Gasteiger partial charge in [-0.3, -0.25) is 0 Å². The molecule has 1 aliphatic rings. The summed E-state index contributed by atoms with van der Waals surface area (Å²) in [6.07, 6.45) is 0.257. The fourth-order valence-electron chi connectivity index (χ4n) is 1.40. The Morgan fingerprint density at radius 3 is 2.47 bits per heavy atom. The molecule has 1 aromatic carbocycles. The predicted octanol–water partition coefficient (Wildman–Crippen LogP) is 1.05. The van der Waals surface area contributed by atoms with Crippen molar-refractivity contribution in [3.8, 4) is 17.2 Å². The molecule has 2 rings (SSSR count). The molecule has 1 fully saturated rings. The van der Waals surface area contributed by atoms with E-state index in [-0.39, 0.29) is 6.10 Å². The van der Waals surface area contributed by atoms with Gasteiger partial charge in [0.05, 0.1) is 14.2 Å². The number of hydrogen-bond donors (Lipinski definition) is 1. The monoisotopic (exact) mass is 209 g/mol. The molecule has 0 spiro atoms. The van der Waals surface area contributed by atoms with Gasteiger partial charge in [0.25, 0.3) is 0 Å². The minimum atomic E-state index is 0.257. The molecule has 0 atom stereocenters. The van der Waals surface area contributed by atoms with Crippen molar-refractivity contribution in [2.75, 3.05) is 27.3 Å². The fourth-order valence-corrected chi connectivity index (χ4v) is 1.40. The quantitative estimate of drug-likeness (QED) is 0.804. The molecule has 0 saturated carbocycles. The average molecular weight is 209 g/mol. The molecule has 0 amide bonds. The Morgan fingerprint density at radius 2 is 1.93 bits per heavy atom. The van der Waals surface area contributed by atoms with E-state index < -0.39 is 0 Å². The van der Waals surface area contributed by atoms with E-state index in [9.17, 15) is 0 Å². The molecule has 15 heavy (non-hydrogen) atoms. The smallest absolute Gasteiger partial charge is 0.164 e. The van der Waals surface area contributed by atoms with Gasteiger partial charge in [-0.25, -0.2) is 0 Å². The normalized spacial score (nSPS) is 15.6. The predicted molar refractivity (Wildman–Crippen MR) is 56.8 cm³/mol. The summed E-state index contributed by atoms with van der Waals surface area (Å²) in [6, 6.07) is 5.56. The summed E-state index contributed by atoms with van der Waals surface area (Å²) in [6.45, 7) is 1.80. The molecule has 0 aliphatic carbocycles. The molecule has 0 aromatic heterocycles. The van der Waals surface area contributed by atoms with Gasteiger partial charge in [-0.05, 0) is 12.1 Å².